The van der Waals surface area contributed by atoms with E-state index in [0.717, 1.165) is 39.4 Å². The highest BCUT2D eigenvalue weighted by molar-refractivity contribution is 6.18. The van der Waals surface area contributed by atoms with Crippen LogP contribution in [0, 0.1) is 12.8 Å². The Balaban J connectivity index is 1.71. The Morgan fingerprint density at radius 2 is 1.83 bits per heavy atom. The highest BCUT2D eigenvalue weighted by atomic mass is 16.5. The van der Waals surface area contributed by atoms with Crippen LogP contribution in [-0.4, -0.2) is 23.1 Å². The largest absolute Gasteiger partial charge is 0.493 e. The summed E-state index contributed by atoms with van der Waals surface area (Å²) < 4.78 is 5.81. The summed E-state index contributed by atoms with van der Waals surface area (Å²) in [4.78, 5) is 9.01. The van der Waals surface area contributed by atoms with Gasteiger partial charge in [-0.25, -0.2) is 4.99 Å². The topological polar surface area (TPSA) is 58.9 Å². The minimum Gasteiger partial charge on any atom is -0.493 e. The van der Waals surface area contributed by atoms with E-state index in [1.807, 2.05) is 42.5 Å². The normalized spacial score (nSPS) is 13.1. The van der Waals surface area contributed by atoms with Crippen molar-refractivity contribution in [2.45, 2.75) is 20.8 Å². The Labute approximate surface area is 171 Å². The molecule has 0 atom stereocenters. The molecule has 1 aliphatic heterocycles. The number of hydrazone groups is 1. The number of benzene rings is 2. The van der Waals surface area contributed by atoms with E-state index in [1.54, 1.807) is 12.4 Å². The number of aromatic nitrogens is 1. The number of ether oxygens (including phenoxy) is 1. The van der Waals surface area contributed by atoms with Crippen molar-refractivity contribution in [2.24, 2.45) is 16.0 Å². The van der Waals surface area contributed by atoms with Crippen LogP contribution in [0.2, 0.25) is 0 Å². The average molecular weight is 384 g/mol. The van der Waals surface area contributed by atoms with Crippen molar-refractivity contribution in [3.8, 4) is 5.75 Å². The minimum absolute atomic E-state index is 0.489. The van der Waals surface area contributed by atoms with Gasteiger partial charge in [0.2, 0.25) is 0 Å². The maximum Gasteiger partial charge on any atom is 0.155 e. The predicted molar refractivity (Wildman–Crippen MR) is 117 cm³/mol. The lowest BCUT2D eigenvalue weighted by Gasteiger charge is -2.11. The molecule has 0 unspecified atom stereocenters. The summed E-state index contributed by atoms with van der Waals surface area (Å²) in [6.45, 7) is 7.05. The van der Waals surface area contributed by atoms with Gasteiger partial charge in [-0.15, -0.1) is 0 Å². The van der Waals surface area contributed by atoms with Crippen molar-refractivity contribution in [3.05, 3.63) is 89.2 Å². The second-order valence-electron chi connectivity index (χ2n) is 7.52. The summed E-state index contributed by atoms with van der Waals surface area (Å²) in [5, 5.41) is 4.70. The highest BCUT2D eigenvalue weighted by Gasteiger charge is 2.17. The zero-order valence-electron chi connectivity index (χ0n) is 16.9. The molecule has 5 heteroatoms. The highest BCUT2D eigenvalue weighted by Crippen LogP contribution is 2.27. The molecule has 146 valence electrons. The Bertz CT molecular complexity index is 1050. The van der Waals surface area contributed by atoms with Gasteiger partial charge >= 0.3 is 0 Å². The smallest absolute Gasteiger partial charge is 0.155 e. The van der Waals surface area contributed by atoms with Crippen molar-refractivity contribution in [1.82, 2.24) is 10.4 Å². The number of aliphatic imine (C=N–C) groups is 1. The monoisotopic (exact) mass is 384 g/mol. The standard InChI is InChI=1S/C24H24N4O/c1-16(2)15-29-20-9-7-18(8-10-20)23-21-13-17(3)6-11-22(21)26-24(28-27-23)19-5-4-12-25-14-19/h4-14,16H,15H2,1-3H3,(H,26,28). The molecule has 0 spiro atoms. The molecule has 0 aliphatic carbocycles. The van der Waals surface area contributed by atoms with Crippen LogP contribution in [0.25, 0.3) is 0 Å². The van der Waals surface area contributed by atoms with Crippen LogP contribution in [0.5, 0.6) is 5.75 Å². The zero-order chi connectivity index (χ0) is 20.2. The fourth-order valence-electron chi connectivity index (χ4n) is 3.08. The van der Waals surface area contributed by atoms with Crippen molar-refractivity contribution < 1.29 is 4.74 Å². The molecule has 0 saturated carbocycles. The van der Waals surface area contributed by atoms with E-state index >= 15 is 0 Å². The van der Waals surface area contributed by atoms with Gasteiger partial charge in [0, 0.05) is 29.1 Å². The van der Waals surface area contributed by atoms with Crippen LogP contribution in [0.3, 0.4) is 0 Å². The Hall–Kier alpha value is -3.47. The number of fused-ring (bicyclic) bond motifs is 1. The van der Waals surface area contributed by atoms with Crippen molar-refractivity contribution in [2.75, 3.05) is 6.61 Å². The van der Waals surface area contributed by atoms with Crippen LogP contribution in [0.4, 0.5) is 5.69 Å². The SMILES string of the molecule is Cc1ccc2c(c1)C(c1ccc(OCC(C)C)cc1)=NNC(c1cccnc1)=N2. The first kappa shape index (κ1) is 18.9. The van der Waals surface area contributed by atoms with Gasteiger partial charge < -0.3 is 4.74 Å². The zero-order valence-corrected chi connectivity index (χ0v) is 16.9. The number of hydrogen-bond acceptors (Lipinski definition) is 5. The third-order valence-corrected chi connectivity index (χ3v) is 4.56. The van der Waals surface area contributed by atoms with E-state index in [9.17, 15) is 0 Å². The second kappa shape index (κ2) is 8.27. The summed E-state index contributed by atoms with van der Waals surface area (Å²) in [6.07, 6.45) is 3.52. The van der Waals surface area contributed by atoms with Gasteiger partial charge in [-0.05, 0) is 61.4 Å². The van der Waals surface area contributed by atoms with Gasteiger partial charge in [0.1, 0.15) is 5.75 Å². The lowest BCUT2D eigenvalue weighted by molar-refractivity contribution is 0.271. The van der Waals surface area contributed by atoms with Gasteiger partial charge in [-0.2, -0.15) is 5.10 Å². The molecule has 0 saturated heterocycles. The van der Waals surface area contributed by atoms with E-state index in [0.29, 0.717) is 18.4 Å². The first-order valence-electron chi connectivity index (χ1n) is 9.77. The lowest BCUT2D eigenvalue weighted by Crippen LogP contribution is -2.19. The van der Waals surface area contributed by atoms with Crippen molar-refractivity contribution in [3.63, 3.8) is 0 Å². The Kier molecular flexibility index (Phi) is 5.38. The van der Waals surface area contributed by atoms with E-state index in [1.165, 1.54) is 0 Å². The molecular weight excluding hydrogens is 360 g/mol. The second-order valence-corrected chi connectivity index (χ2v) is 7.52. The third kappa shape index (κ3) is 4.35. The number of nitrogens with one attached hydrogen (secondary N) is 1. The summed E-state index contributed by atoms with van der Waals surface area (Å²) in [6, 6.07) is 18.1. The molecule has 1 N–H and O–H groups in total. The van der Waals surface area contributed by atoms with Crippen LogP contribution in [0.15, 0.2) is 77.1 Å². The Morgan fingerprint density at radius 3 is 2.55 bits per heavy atom. The molecule has 5 nitrogen and oxygen atoms in total. The molecule has 3 aromatic rings. The van der Waals surface area contributed by atoms with E-state index in [-0.39, 0.29) is 0 Å². The van der Waals surface area contributed by atoms with E-state index < -0.39 is 0 Å². The fraction of sp³-hybridized carbons (Fsp3) is 0.208. The molecule has 0 radical (unpaired) electrons. The van der Waals surface area contributed by atoms with Gasteiger partial charge in [0.15, 0.2) is 5.84 Å². The minimum atomic E-state index is 0.489. The lowest BCUT2D eigenvalue weighted by atomic mass is 9.99. The summed E-state index contributed by atoms with van der Waals surface area (Å²) in [7, 11) is 0. The summed E-state index contributed by atoms with van der Waals surface area (Å²) in [5.41, 5.74) is 8.90. The first-order chi connectivity index (χ1) is 14.1. The maximum atomic E-state index is 5.81. The molecule has 1 aliphatic rings. The number of nitrogens with zero attached hydrogens (tertiary/aromatic N) is 3. The van der Waals surface area contributed by atoms with Gasteiger partial charge in [0.25, 0.3) is 0 Å². The molecule has 29 heavy (non-hydrogen) atoms. The van der Waals surface area contributed by atoms with Gasteiger partial charge in [-0.1, -0.05) is 25.5 Å². The van der Waals surface area contributed by atoms with Crippen LogP contribution in [-0.2, 0) is 0 Å². The van der Waals surface area contributed by atoms with Crippen LogP contribution in [0.1, 0.15) is 36.1 Å². The number of rotatable bonds is 5. The van der Waals surface area contributed by atoms with Crippen LogP contribution < -0.4 is 10.2 Å². The predicted octanol–water partition coefficient (Wildman–Crippen LogP) is 4.86. The molecule has 0 fully saturated rings. The fourth-order valence-corrected chi connectivity index (χ4v) is 3.08. The van der Waals surface area contributed by atoms with Gasteiger partial charge in [-0.3, -0.25) is 10.4 Å². The van der Waals surface area contributed by atoms with Gasteiger partial charge in [0.05, 0.1) is 18.0 Å². The summed E-state index contributed by atoms with van der Waals surface area (Å²) in [5.74, 6) is 2.03. The van der Waals surface area contributed by atoms with E-state index in [4.69, 9.17) is 14.8 Å². The van der Waals surface area contributed by atoms with E-state index in [2.05, 4.69) is 43.3 Å². The number of hydrogen-bond donors (Lipinski definition) is 1. The molecule has 2 aromatic carbocycles. The summed E-state index contributed by atoms with van der Waals surface area (Å²) >= 11 is 0. The molecule has 0 bridgehead atoms. The average Bonchev–Trinajstić information content (AvgIpc) is 2.93. The first-order valence-corrected chi connectivity index (χ1v) is 9.77. The molecule has 2 heterocycles. The van der Waals surface area contributed by atoms with Crippen molar-refractivity contribution in [1.29, 1.82) is 0 Å². The third-order valence-electron chi connectivity index (χ3n) is 4.56. The molecule has 0 amide bonds. The molecule has 4 rings (SSSR count). The molecule has 1 aromatic heterocycles. The van der Waals surface area contributed by atoms with Crippen LogP contribution >= 0.6 is 0 Å². The van der Waals surface area contributed by atoms with Crippen molar-refractivity contribution >= 4 is 17.2 Å². The number of amidine groups is 1. The Morgan fingerprint density at radius 1 is 1.00 bits per heavy atom. The maximum absolute atomic E-state index is 5.81. The number of aryl methyl sites for hydroxylation is 1. The molecular formula is C24H24N4O. The number of pyridine rings is 1. The quantitative estimate of drug-likeness (QED) is 0.683.